The number of rotatable bonds is 5. The van der Waals surface area contributed by atoms with Gasteiger partial charge in [-0.2, -0.15) is 0 Å². The van der Waals surface area contributed by atoms with Gasteiger partial charge in [0.15, 0.2) is 0 Å². The Hall–Kier alpha value is -0.390. The Kier molecular flexibility index (Phi) is 4.95. The molecule has 4 nitrogen and oxygen atoms in total. The molecule has 1 aliphatic heterocycles. The Balaban J connectivity index is 2.36. The fraction of sp³-hybridized carbons (Fsp3) is 0.818. The number of sulfonamides is 1. The van der Waals surface area contributed by atoms with Crippen LogP contribution in [0.5, 0.6) is 0 Å². The first kappa shape index (κ1) is 13.7. The SMILES string of the molecule is C=C(C)CN1CCC[C@H](CNS(C)(=O)=O)C1. The molecule has 0 bridgehead atoms. The molecule has 0 spiro atoms. The molecule has 0 aromatic rings. The standard InChI is InChI=1S/C11H22N2O2S/c1-10(2)8-13-6-4-5-11(9-13)7-12-16(3,14)15/h11-12H,1,4-9H2,2-3H3/t11-/m1/s1. The van der Waals surface area contributed by atoms with Gasteiger partial charge in [0.05, 0.1) is 6.26 Å². The van der Waals surface area contributed by atoms with Crippen molar-refractivity contribution in [2.75, 3.05) is 32.4 Å². The summed E-state index contributed by atoms with van der Waals surface area (Å²) >= 11 is 0. The topological polar surface area (TPSA) is 49.4 Å². The van der Waals surface area contributed by atoms with E-state index in [-0.39, 0.29) is 0 Å². The lowest BCUT2D eigenvalue weighted by Crippen LogP contribution is -2.41. The first-order valence-electron chi connectivity index (χ1n) is 5.68. The smallest absolute Gasteiger partial charge is 0.208 e. The molecule has 1 aliphatic rings. The largest absolute Gasteiger partial charge is 0.299 e. The average Bonchev–Trinajstić information content (AvgIpc) is 2.13. The Bertz CT molecular complexity index is 338. The summed E-state index contributed by atoms with van der Waals surface area (Å²) in [5.74, 6) is 0.433. The normalized spacial score (nSPS) is 23.2. The lowest BCUT2D eigenvalue weighted by Gasteiger charge is -2.32. The Morgan fingerprint density at radius 2 is 2.25 bits per heavy atom. The van der Waals surface area contributed by atoms with E-state index in [0.29, 0.717) is 12.5 Å². The zero-order valence-corrected chi connectivity index (χ0v) is 11.0. The second-order valence-electron chi connectivity index (χ2n) is 4.82. The van der Waals surface area contributed by atoms with Crippen molar-refractivity contribution in [3.63, 3.8) is 0 Å². The highest BCUT2D eigenvalue weighted by Crippen LogP contribution is 2.16. The molecule has 1 fully saturated rings. The van der Waals surface area contributed by atoms with Gasteiger partial charge in [-0.25, -0.2) is 13.1 Å². The van der Waals surface area contributed by atoms with Gasteiger partial charge in [0.2, 0.25) is 10.0 Å². The monoisotopic (exact) mass is 246 g/mol. The van der Waals surface area contributed by atoms with Gasteiger partial charge in [-0.15, -0.1) is 0 Å². The van der Waals surface area contributed by atoms with Gasteiger partial charge >= 0.3 is 0 Å². The molecule has 5 heteroatoms. The third kappa shape index (κ3) is 5.63. The molecule has 1 rings (SSSR count). The van der Waals surface area contributed by atoms with E-state index in [9.17, 15) is 8.42 Å². The summed E-state index contributed by atoms with van der Waals surface area (Å²) in [5, 5.41) is 0. The number of hydrogen-bond acceptors (Lipinski definition) is 3. The molecule has 1 heterocycles. The summed E-state index contributed by atoms with van der Waals surface area (Å²) in [6.07, 6.45) is 3.46. The Morgan fingerprint density at radius 3 is 2.81 bits per heavy atom. The first-order valence-corrected chi connectivity index (χ1v) is 7.57. The molecule has 0 saturated carbocycles. The Labute approximate surface area is 98.8 Å². The average molecular weight is 246 g/mol. The van der Waals surface area contributed by atoms with Gasteiger partial charge < -0.3 is 0 Å². The van der Waals surface area contributed by atoms with E-state index in [1.165, 1.54) is 6.26 Å². The zero-order valence-electron chi connectivity index (χ0n) is 10.2. The number of nitrogens with zero attached hydrogens (tertiary/aromatic N) is 1. The van der Waals surface area contributed by atoms with Crippen LogP contribution < -0.4 is 4.72 Å². The van der Waals surface area contributed by atoms with Crippen molar-refractivity contribution in [3.8, 4) is 0 Å². The van der Waals surface area contributed by atoms with Gasteiger partial charge in [-0.3, -0.25) is 4.90 Å². The van der Waals surface area contributed by atoms with Crippen molar-refractivity contribution in [3.05, 3.63) is 12.2 Å². The van der Waals surface area contributed by atoms with E-state index < -0.39 is 10.0 Å². The van der Waals surface area contributed by atoms with Crippen LogP contribution in [0.3, 0.4) is 0 Å². The van der Waals surface area contributed by atoms with Crippen LogP contribution in [0.1, 0.15) is 19.8 Å². The van der Waals surface area contributed by atoms with Crippen LogP contribution in [-0.4, -0.2) is 45.8 Å². The molecule has 1 atom stereocenters. The summed E-state index contributed by atoms with van der Waals surface area (Å²) in [6, 6.07) is 0. The molecule has 0 aliphatic carbocycles. The van der Waals surface area contributed by atoms with Crippen molar-refractivity contribution in [2.24, 2.45) is 5.92 Å². The molecule has 94 valence electrons. The van der Waals surface area contributed by atoms with Gasteiger partial charge in [0.1, 0.15) is 0 Å². The van der Waals surface area contributed by atoms with Gasteiger partial charge in [0, 0.05) is 19.6 Å². The van der Waals surface area contributed by atoms with Crippen LogP contribution in [0.15, 0.2) is 12.2 Å². The zero-order chi connectivity index (χ0) is 12.2. The first-order chi connectivity index (χ1) is 7.37. The van der Waals surface area contributed by atoms with E-state index in [2.05, 4.69) is 16.2 Å². The van der Waals surface area contributed by atoms with Gasteiger partial charge in [-0.1, -0.05) is 12.2 Å². The van der Waals surface area contributed by atoms with Gasteiger partial charge in [0.25, 0.3) is 0 Å². The number of piperidine rings is 1. The van der Waals surface area contributed by atoms with Crippen molar-refractivity contribution >= 4 is 10.0 Å². The predicted octanol–water partition coefficient (Wildman–Crippen LogP) is 0.824. The summed E-state index contributed by atoms with van der Waals surface area (Å²) in [4.78, 5) is 2.35. The van der Waals surface area contributed by atoms with Crippen LogP contribution in [0.4, 0.5) is 0 Å². The van der Waals surface area contributed by atoms with Gasteiger partial charge in [-0.05, 0) is 32.2 Å². The third-order valence-corrected chi connectivity index (χ3v) is 3.42. The minimum atomic E-state index is -3.05. The minimum Gasteiger partial charge on any atom is -0.299 e. The fourth-order valence-corrected chi connectivity index (χ4v) is 2.65. The number of hydrogen-bond donors (Lipinski definition) is 1. The van der Waals surface area contributed by atoms with E-state index in [0.717, 1.165) is 38.0 Å². The van der Waals surface area contributed by atoms with Crippen molar-refractivity contribution < 1.29 is 8.42 Å². The van der Waals surface area contributed by atoms with Crippen LogP contribution in [0.2, 0.25) is 0 Å². The van der Waals surface area contributed by atoms with E-state index in [4.69, 9.17) is 0 Å². The molecule has 0 radical (unpaired) electrons. The van der Waals surface area contributed by atoms with E-state index in [1.807, 2.05) is 6.92 Å². The maximum atomic E-state index is 11.0. The summed E-state index contributed by atoms with van der Waals surface area (Å²) in [7, 11) is -3.05. The lowest BCUT2D eigenvalue weighted by molar-refractivity contribution is 0.189. The minimum absolute atomic E-state index is 0.433. The number of likely N-dealkylation sites (tertiary alicyclic amines) is 1. The molecule has 0 aromatic carbocycles. The highest BCUT2D eigenvalue weighted by atomic mass is 32.2. The molecular formula is C11H22N2O2S. The van der Waals surface area contributed by atoms with Crippen molar-refractivity contribution in [1.82, 2.24) is 9.62 Å². The van der Waals surface area contributed by atoms with E-state index in [1.54, 1.807) is 0 Å². The predicted molar refractivity (Wildman–Crippen MR) is 66.8 cm³/mol. The fourth-order valence-electron chi connectivity index (χ4n) is 2.11. The maximum absolute atomic E-state index is 11.0. The summed E-state index contributed by atoms with van der Waals surface area (Å²) in [6.45, 7) is 9.49. The summed E-state index contributed by atoms with van der Waals surface area (Å²) in [5.41, 5.74) is 1.16. The van der Waals surface area contributed by atoms with Crippen LogP contribution in [0, 0.1) is 5.92 Å². The van der Waals surface area contributed by atoms with Crippen molar-refractivity contribution in [2.45, 2.75) is 19.8 Å². The van der Waals surface area contributed by atoms with Crippen LogP contribution in [0.25, 0.3) is 0 Å². The summed E-state index contributed by atoms with van der Waals surface area (Å²) < 4.78 is 24.6. The van der Waals surface area contributed by atoms with E-state index >= 15 is 0 Å². The maximum Gasteiger partial charge on any atom is 0.208 e. The molecular weight excluding hydrogens is 224 g/mol. The van der Waals surface area contributed by atoms with Crippen LogP contribution in [-0.2, 0) is 10.0 Å². The number of nitrogens with one attached hydrogen (secondary N) is 1. The second kappa shape index (κ2) is 5.80. The highest BCUT2D eigenvalue weighted by Gasteiger charge is 2.20. The molecule has 0 unspecified atom stereocenters. The van der Waals surface area contributed by atoms with Crippen molar-refractivity contribution in [1.29, 1.82) is 0 Å². The molecule has 16 heavy (non-hydrogen) atoms. The molecule has 0 aromatic heterocycles. The third-order valence-electron chi connectivity index (χ3n) is 2.73. The van der Waals surface area contributed by atoms with Crippen LogP contribution >= 0.6 is 0 Å². The Morgan fingerprint density at radius 1 is 1.56 bits per heavy atom. The quantitative estimate of drug-likeness (QED) is 0.731. The second-order valence-corrected chi connectivity index (χ2v) is 6.65. The molecule has 1 N–H and O–H groups in total. The highest BCUT2D eigenvalue weighted by molar-refractivity contribution is 7.88. The molecule has 1 saturated heterocycles. The lowest BCUT2D eigenvalue weighted by atomic mass is 9.98. The molecule has 0 amide bonds.